The Hall–Kier alpha value is -3.26. The quantitative estimate of drug-likeness (QED) is 0.580. The molecule has 0 bridgehead atoms. The average molecular weight is 455 g/mol. The molecule has 168 valence electrons. The number of hydrogen-bond donors (Lipinski definition) is 1. The number of aromatic nitrogens is 4. The van der Waals surface area contributed by atoms with Crippen LogP contribution < -0.4 is 5.32 Å². The van der Waals surface area contributed by atoms with Crippen molar-refractivity contribution >= 4 is 29.6 Å². The number of amides is 1. The summed E-state index contributed by atoms with van der Waals surface area (Å²) >= 11 is 5.95. The number of nitrogens with zero attached hydrogens (tertiary/aromatic N) is 5. The smallest absolute Gasteiger partial charge is 0.255 e. The van der Waals surface area contributed by atoms with Gasteiger partial charge >= 0.3 is 0 Å². The molecule has 4 rings (SSSR count). The maximum Gasteiger partial charge on any atom is 0.255 e. The Balaban J connectivity index is 0.000000523. The van der Waals surface area contributed by atoms with E-state index in [-0.39, 0.29) is 17.9 Å². The number of halogens is 1. The van der Waals surface area contributed by atoms with Crippen LogP contribution in [0.4, 0.5) is 5.82 Å². The Morgan fingerprint density at radius 2 is 1.94 bits per heavy atom. The summed E-state index contributed by atoms with van der Waals surface area (Å²) in [5.74, 6) is 1.68. The summed E-state index contributed by atoms with van der Waals surface area (Å²) in [7, 11) is 1.81. The summed E-state index contributed by atoms with van der Waals surface area (Å²) in [6.07, 6.45) is 7.65. The Labute approximate surface area is 192 Å². The van der Waals surface area contributed by atoms with Gasteiger partial charge in [0.2, 0.25) is 0 Å². The molecule has 3 aromatic heterocycles. The van der Waals surface area contributed by atoms with E-state index in [1.54, 1.807) is 35.5 Å². The van der Waals surface area contributed by atoms with Gasteiger partial charge in [0.1, 0.15) is 12.1 Å². The topological polar surface area (TPSA) is 93.0 Å². The van der Waals surface area contributed by atoms with Crippen LogP contribution in [0.5, 0.6) is 0 Å². The van der Waals surface area contributed by atoms with Gasteiger partial charge in [-0.25, -0.2) is 14.6 Å². The molecule has 1 amide bonds. The van der Waals surface area contributed by atoms with Crippen LogP contribution in [-0.2, 0) is 11.3 Å². The average Bonchev–Trinajstić information content (AvgIpc) is 3.36. The Morgan fingerprint density at radius 3 is 2.50 bits per heavy atom. The molecule has 0 spiro atoms. The van der Waals surface area contributed by atoms with Gasteiger partial charge in [0.25, 0.3) is 5.91 Å². The van der Waals surface area contributed by atoms with Gasteiger partial charge in [-0.2, -0.15) is 5.10 Å². The van der Waals surface area contributed by atoms with Crippen molar-refractivity contribution in [2.45, 2.75) is 40.3 Å². The molecule has 1 N–H and O–H groups in total. The molecule has 0 aromatic carbocycles. The number of rotatable bonds is 5. The molecule has 0 radical (unpaired) electrons. The van der Waals surface area contributed by atoms with E-state index in [4.69, 9.17) is 11.6 Å². The Kier molecular flexibility index (Phi) is 7.25. The van der Waals surface area contributed by atoms with E-state index in [0.717, 1.165) is 34.6 Å². The molecule has 9 heteroatoms. The molecule has 1 aliphatic rings. The van der Waals surface area contributed by atoms with Crippen molar-refractivity contribution in [3.05, 3.63) is 64.2 Å². The third kappa shape index (κ3) is 4.80. The third-order valence-electron chi connectivity index (χ3n) is 5.17. The van der Waals surface area contributed by atoms with Crippen molar-refractivity contribution in [3.63, 3.8) is 0 Å². The summed E-state index contributed by atoms with van der Waals surface area (Å²) < 4.78 is 1.65. The van der Waals surface area contributed by atoms with E-state index in [9.17, 15) is 9.59 Å². The maximum atomic E-state index is 12.9. The zero-order valence-corrected chi connectivity index (χ0v) is 19.6. The number of nitrogens with one attached hydrogen (secondary N) is 1. The van der Waals surface area contributed by atoms with E-state index in [1.165, 1.54) is 0 Å². The lowest BCUT2D eigenvalue weighted by Gasteiger charge is -2.25. The maximum absolute atomic E-state index is 12.9. The Bertz CT molecular complexity index is 1130. The molecule has 4 heterocycles. The fourth-order valence-corrected chi connectivity index (χ4v) is 3.57. The lowest BCUT2D eigenvalue weighted by Crippen LogP contribution is -2.27. The number of aldehydes is 1. The van der Waals surface area contributed by atoms with Gasteiger partial charge in [-0.3, -0.25) is 4.79 Å². The van der Waals surface area contributed by atoms with Crippen LogP contribution in [0.3, 0.4) is 0 Å². The van der Waals surface area contributed by atoms with Crippen LogP contribution in [0.25, 0.3) is 5.82 Å². The lowest BCUT2D eigenvalue weighted by atomic mass is 10.1. The highest BCUT2D eigenvalue weighted by molar-refractivity contribution is 6.30. The lowest BCUT2D eigenvalue weighted by molar-refractivity contribution is -0.110. The summed E-state index contributed by atoms with van der Waals surface area (Å²) in [6, 6.07) is 3.70. The predicted molar refractivity (Wildman–Crippen MR) is 124 cm³/mol. The van der Waals surface area contributed by atoms with Gasteiger partial charge < -0.3 is 15.0 Å². The van der Waals surface area contributed by atoms with Crippen molar-refractivity contribution in [2.24, 2.45) is 5.92 Å². The van der Waals surface area contributed by atoms with E-state index < -0.39 is 0 Å². The number of carbonyl (C=O) groups is 2. The van der Waals surface area contributed by atoms with Gasteiger partial charge in [0, 0.05) is 36.5 Å². The first kappa shape index (κ1) is 23.4. The second-order valence-corrected chi connectivity index (χ2v) is 8.37. The fourth-order valence-electron chi connectivity index (χ4n) is 3.43. The van der Waals surface area contributed by atoms with Gasteiger partial charge in [0.15, 0.2) is 5.82 Å². The predicted octanol–water partition coefficient (Wildman–Crippen LogP) is 4.22. The first-order valence-electron chi connectivity index (χ1n) is 10.4. The SMILES string of the molecule is CC(C)C=O.CNc1nccc2c1CN(C(C)c1cnc(-n3cc(Cl)cn3)c(C)c1)C2=O. The zero-order chi connectivity index (χ0) is 23.4. The molecular weight excluding hydrogens is 428 g/mol. The third-order valence-corrected chi connectivity index (χ3v) is 5.37. The molecule has 8 nitrogen and oxygen atoms in total. The highest BCUT2D eigenvalue weighted by Crippen LogP contribution is 2.34. The second-order valence-electron chi connectivity index (χ2n) is 7.94. The van der Waals surface area contributed by atoms with Crippen molar-refractivity contribution < 1.29 is 9.59 Å². The number of carbonyl (C=O) groups excluding carboxylic acids is 2. The van der Waals surface area contributed by atoms with E-state index >= 15 is 0 Å². The Morgan fingerprint density at radius 1 is 1.22 bits per heavy atom. The van der Waals surface area contributed by atoms with Crippen molar-refractivity contribution in [3.8, 4) is 5.82 Å². The van der Waals surface area contributed by atoms with Crippen molar-refractivity contribution in [1.29, 1.82) is 0 Å². The van der Waals surface area contributed by atoms with Crippen LogP contribution in [0.1, 0.15) is 53.9 Å². The summed E-state index contributed by atoms with van der Waals surface area (Å²) in [6.45, 7) is 8.21. The highest BCUT2D eigenvalue weighted by Gasteiger charge is 2.33. The molecule has 0 fully saturated rings. The normalized spacial score (nSPS) is 13.5. The van der Waals surface area contributed by atoms with Crippen molar-refractivity contribution in [2.75, 3.05) is 12.4 Å². The first-order chi connectivity index (χ1) is 15.3. The van der Waals surface area contributed by atoms with E-state index in [1.807, 2.05) is 45.7 Å². The first-order valence-corrected chi connectivity index (χ1v) is 10.7. The molecule has 3 aromatic rings. The highest BCUT2D eigenvalue weighted by atomic mass is 35.5. The molecule has 0 saturated carbocycles. The molecule has 32 heavy (non-hydrogen) atoms. The number of pyridine rings is 2. The second kappa shape index (κ2) is 9.91. The molecule has 1 atom stereocenters. The molecular formula is C23H27ClN6O2. The minimum atomic E-state index is -0.115. The monoisotopic (exact) mass is 454 g/mol. The van der Waals surface area contributed by atoms with Crippen LogP contribution in [0, 0.1) is 12.8 Å². The van der Waals surface area contributed by atoms with Crippen LogP contribution >= 0.6 is 11.6 Å². The largest absolute Gasteiger partial charge is 0.373 e. The van der Waals surface area contributed by atoms with Crippen LogP contribution in [0.2, 0.25) is 5.02 Å². The summed E-state index contributed by atoms with van der Waals surface area (Å²) in [4.78, 5) is 33.1. The number of hydrogen-bond acceptors (Lipinski definition) is 6. The molecule has 1 aliphatic heterocycles. The van der Waals surface area contributed by atoms with Gasteiger partial charge in [-0.05, 0) is 37.1 Å². The fraction of sp³-hybridized carbons (Fsp3) is 0.348. The van der Waals surface area contributed by atoms with Gasteiger partial charge in [-0.15, -0.1) is 0 Å². The standard InChI is InChI=1S/C19H19ClN6O.C4H8O/c1-11-6-13(7-23-18(11)26-9-14(20)8-24-26)12(2)25-10-16-15(19(25)27)4-5-22-17(16)21-3;1-4(2)3-5/h4-9,12H,10H2,1-3H3,(H,21,22);3-4H,1-2H3. The molecule has 1 unspecified atom stereocenters. The zero-order valence-electron chi connectivity index (χ0n) is 18.8. The summed E-state index contributed by atoms with van der Waals surface area (Å²) in [5, 5.41) is 7.82. The van der Waals surface area contributed by atoms with E-state index in [0.29, 0.717) is 17.1 Å². The number of anilines is 1. The number of aryl methyl sites for hydroxylation is 1. The minimum absolute atomic E-state index is 0.0111. The van der Waals surface area contributed by atoms with Crippen molar-refractivity contribution in [1.82, 2.24) is 24.6 Å². The number of fused-ring (bicyclic) bond motifs is 1. The molecule has 0 aliphatic carbocycles. The summed E-state index contributed by atoms with van der Waals surface area (Å²) in [5.41, 5.74) is 3.56. The van der Waals surface area contributed by atoms with Gasteiger partial charge in [0.05, 0.1) is 30.0 Å². The van der Waals surface area contributed by atoms with Crippen LogP contribution in [0.15, 0.2) is 36.9 Å². The van der Waals surface area contributed by atoms with Crippen LogP contribution in [-0.4, -0.2) is 43.9 Å². The molecule has 0 saturated heterocycles. The van der Waals surface area contributed by atoms with E-state index in [2.05, 4.69) is 20.4 Å². The minimum Gasteiger partial charge on any atom is -0.373 e. The van der Waals surface area contributed by atoms with Gasteiger partial charge in [-0.1, -0.05) is 25.4 Å².